The van der Waals surface area contributed by atoms with E-state index >= 15 is 0 Å². The number of nitrogens with two attached hydrogens (primary N) is 1. The number of hydrogen-bond acceptors (Lipinski definition) is 4. The van der Waals surface area contributed by atoms with E-state index in [0.29, 0.717) is 5.95 Å². The van der Waals surface area contributed by atoms with Crippen molar-refractivity contribution in [3.05, 3.63) is 47.7 Å². The monoisotopic (exact) mass is 345 g/mol. The van der Waals surface area contributed by atoms with Crippen molar-refractivity contribution < 1.29 is 0 Å². The zero-order valence-corrected chi connectivity index (χ0v) is 15.8. The van der Waals surface area contributed by atoms with Gasteiger partial charge in [-0.2, -0.15) is 4.98 Å². The van der Waals surface area contributed by atoms with Crippen LogP contribution in [0.15, 0.2) is 36.5 Å². The molecule has 0 fully saturated rings. The van der Waals surface area contributed by atoms with Gasteiger partial charge in [0.15, 0.2) is 0 Å². The van der Waals surface area contributed by atoms with Crippen molar-refractivity contribution in [2.45, 2.75) is 13.8 Å². The molecule has 26 heavy (non-hydrogen) atoms. The quantitative estimate of drug-likeness (QED) is 0.595. The average molecular weight is 345 g/mol. The highest BCUT2D eigenvalue weighted by Gasteiger charge is 2.19. The number of nitrogens with zero attached hydrogens (tertiary/aromatic N) is 4. The Balaban J connectivity index is 2.24. The van der Waals surface area contributed by atoms with Gasteiger partial charge in [0.05, 0.1) is 16.4 Å². The van der Waals surface area contributed by atoms with Crippen molar-refractivity contribution in [1.82, 2.24) is 14.5 Å². The van der Waals surface area contributed by atoms with Gasteiger partial charge in [-0.05, 0) is 42.7 Å². The Morgan fingerprint density at radius 3 is 2.38 bits per heavy atom. The van der Waals surface area contributed by atoms with Crippen molar-refractivity contribution >= 4 is 33.6 Å². The summed E-state index contributed by atoms with van der Waals surface area (Å²) in [4.78, 5) is 11.0. The Morgan fingerprint density at radius 1 is 1.04 bits per heavy atom. The summed E-state index contributed by atoms with van der Waals surface area (Å²) in [6, 6.07) is 10.7. The Labute approximate surface area is 153 Å². The molecule has 0 bridgehead atoms. The molecule has 0 aliphatic rings. The van der Waals surface area contributed by atoms with Crippen LogP contribution in [0.1, 0.15) is 11.1 Å². The third-order valence-electron chi connectivity index (χ3n) is 4.99. The lowest BCUT2D eigenvalue weighted by Crippen LogP contribution is -2.13. The Morgan fingerprint density at radius 2 is 1.73 bits per heavy atom. The van der Waals surface area contributed by atoms with Gasteiger partial charge in [0.2, 0.25) is 5.95 Å². The number of rotatable bonds is 2. The highest BCUT2D eigenvalue weighted by atomic mass is 15.2. The van der Waals surface area contributed by atoms with Crippen LogP contribution < -0.4 is 10.6 Å². The third kappa shape index (κ3) is 2.31. The van der Waals surface area contributed by atoms with E-state index in [1.165, 1.54) is 27.8 Å². The summed E-state index contributed by atoms with van der Waals surface area (Å²) in [5.41, 5.74) is 13.0. The maximum Gasteiger partial charge on any atom is 0.222 e. The van der Waals surface area contributed by atoms with Gasteiger partial charge in [0.25, 0.3) is 0 Å². The van der Waals surface area contributed by atoms with Crippen molar-refractivity contribution in [2.24, 2.45) is 7.05 Å². The zero-order chi connectivity index (χ0) is 18.6. The largest absolute Gasteiger partial charge is 0.368 e. The molecule has 5 heteroatoms. The maximum absolute atomic E-state index is 6.01. The molecule has 0 unspecified atom stereocenters. The SMILES string of the molecule is Cc1cccc(C)c1-c1cc2nc(N)nc(N(C)C)c2c2ccn(C)c12. The van der Waals surface area contributed by atoms with E-state index < -0.39 is 0 Å². The van der Waals surface area contributed by atoms with Gasteiger partial charge in [-0.3, -0.25) is 0 Å². The average Bonchev–Trinajstić information content (AvgIpc) is 2.95. The fraction of sp³-hybridized carbons (Fsp3) is 0.238. The van der Waals surface area contributed by atoms with E-state index in [9.17, 15) is 0 Å². The van der Waals surface area contributed by atoms with Crippen LogP contribution in [0, 0.1) is 13.8 Å². The van der Waals surface area contributed by atoms with E-state index in [1.54, 1.807) is 0 Å². The molecular formula is C21H23N5. The third-order valence-corrected chi connectivity index (χ3v) is 4.99. The van der Waals surface area contributed by atoms with Crippen molar-refractivity contribution in [1.29, 1.82) is 0 Å². The zero-order valence-electron chi connectivity index (χ0n) is 15.8. The van der Waals surface area contributed by atoms with Gasteiger partial charge in [-0.15, -0.1) is 0 Å². The number of aryl methyl sites for hydroxylation is 3. The normalized spacial score (nSPS) is 11.4. The van der Waals surface area contributed by atoms with E-state index in [-0.39, 0.29) is 0 Å². The van der Waals surface area contributed by atoms with Crippen molar-refractivity contribution in [2.75, 3.05) is 24.7 Å². The van der Waals surface area contributed by atoms with Crippen molar-refractivity contribution in [3.8, 4) is 11.1 Å². The number of anilines is 2. The molecule has 2 heterocycles. The summed E-state index contributed by atoms with van der Waals surface area (Å²) in [6.07, 6.45) is 2.09. The van der Waals surface area contributed by atoms with Gasteiger partial charge in [-0.1, -0.05) is 18.2 Å². The molecule has 0 radical (unpaired) electrons. The molecule has 0 spiro atoms. The van der Waals surface area contributed by atoms with E-state index in [0.717, 1.165) is 22.1 Å². The topological polar surface area (TPSA) is 60.0 Å². The second-order valence-electron chi connectivity index (χ2n) is 7.07. The van der Waals surface area contributed by atoms with Crippen LogP contribution in [-0.4, -0.2) is 28.6 Å². The molecular weight excluding hydrogens is 322 g/mol. The van der Waals surface area contributed by atoms with Crippen LogP contribution in [-0.2, 0) is 7.05 Å². The van der Waals surface area contributed by atoms with Gasteiger partial charge < -0.3 is 15.2 Å². The summed E-state index contributed by atoms with van der Waals surface area (Å²) >= 11 is 0. The predicted octanol–water partition coefficient (Wildman–Crippen LogP) is 4.05. The molecule has 0 amide bonds. The number of hydrogen-bond donors (Lipinski definition) is 1. The number of fused-ring (bicyclic) bond motifs is 3. The molecule has 5 nitrogen and oxygen atoms in total. The van der Waals surface area contributed by atoms with Crippen LogP contribution in [0.2, 0.25) is 0 Å². The molecule has 0 aliphatic carbocycles. The van der Waals surface area contributed by atoms with Crippen LogP contribution in [0.3, 0.4) is 0 Å². The van der Waals surface area contributed by atoms with Crippen LogP contribution >= 0.6 is 0 Å². The van der Waals surface area contributed by atoms with Crippen LogP contribution in [0.4, 0.5) is 11.8 Å². The lowest BCUT2D eigenvalue weighted by Gasteiger charge is -2.18. The lowest BCUT2D eigenvalue weighted by atomic mass is 9.93. The molecule has 0 saturated heterocycles. The fourth-order valence-corrected chi connectivity index (χ4v) is 3.87. The minimum absolute atomic E-state index is 0.295. The Bertz CT molecular complexity index is 1130. The first kappa shape index (κ1) is 16.4. The molecule has 4 rings (SSSR count). The molecule has 4 aromatic rings. The predicted molar refractivity (Wildman–Crippen MR) is 110 cm³/mol. The van der Waals surface area contributed by atoms with Gasteiger partial charge in [0, 0.05) is 38.3 Å². The second-order valence-corrected chi connectivity index (χ2v) is 7.07. The highest BCUT2D eigenvalue weighted by Crippen LogP contribution is 2.40. The first-order valence-electron chi connectivity index (χ1n) is 8.67. The van der Waals surface area contributed by atoms with Gasteiger partial charge in [-0.25, -0.2) is 4.98 Å². The number of benzene rings is 2. The fourth-order valence-electron chi connectivity index (χ4n) is 3.87. The maximum atomic E-state index is 6.01. The molecule has 132 valence electrons. The molecule has 2 N–H and O–H groups in total. The molecule has 2 aromatic carbocycles. The summed E-state index contributed by atoms with van der Waals surface area (Å²) < 4.78 is 2.17. The summed E-state index contributed by atoms with van der Waals surface area (Å²) in [5, 5.41) is 2.18. The molecule has 0 atom stereocenters. The molecule has 0 saturated carbocycles. The first-order chi connectivity index (χ1) is 12.4. The van der Waals surface area contributed by atoms with Crippen LogP contribution in [0.25, 0.3) is 32.9 Å². The second kappa shape index (κ2) is 5.73. The van der Waals surface area contributed by atoms with Gasteiger partial charge >= 0.3 is 0 Å². The summed E-state index contributed by atoms with van der Waals surface area (Å²) in [6.45, 7) is 4.31. The Hall–Kier alpha value is -3.08. The summed E-state index contributed by atoms with van der Waals surface area (Å²) in [5.74, 6) is 1.14. The van der Waals surface area contributed by atoms with Gasteiger partial charge in [0.1, 0.15) is 5.82 Å². The molecule has 0 aliphatic heterocycles. The smallest absolute Gasteiger partial charge is 0.222 e. The highest BCUT2D eigenvalue weighted by molar-refractivity contribution is 6.16. The summed E-state index contributed by atoms with van der Waals surface area (Å²) in [7, 11) is 6.05. The van der Waals surface area contributed by atoms with Crippen molar-refractivity contribution in [3.63, 3.8) is 0 Å². The lowest BCUT2D eigenvalue weighted by molar-refractivity contribution is 0.970. The first-order valence-corrected chi connectivity index (χ1v) is 8.67. The van der Waals surface area contributed by atoms with E-state index in [1.807, 2.05) is 19.0 Å². The molecule has 2 aromatic heterocycles. The standard InChI is InChI=1S/C21H23N5/c1-12-7-6-8-13(2)17(12)15-11-16-18(14-9-10-26(5)19(14)15)20(25(3)4)24-21(22)23-16/h6-11H,1-5H3,(H2,22,23,24). The number of aromatic nitrogens is 3. The van der Waals surface area contributed by atoms with Crippen LogP contribution in [0.5, 0.6) is 0 Å². The minimum atomic E-state index is 0.295. The van der Waals surface area contributed by atoms with E-state index in [4.69, 9.17) is 5.73 Å². The Kier molecular flexibility index (Phi) is 3.61. The van der Waals surface area contributed by atoms with E-state index in [2.05, 4.69) is 72.0 Å². The minimum Gasteiger partial charge on any atom is -0.368 e. The number of nitrogen functional groups attached to an aromatic ring is 1.